The predicted molar refractivity (Wildman–Crippen MR) is 83.1 cm³/mol. The summed E-state index contributed by atoms with van der Waals surface area (Å²) in [6.45, 7) is 4.98. The normalized spacial score (nSPS) is 12.4. The summed E-state index contributed by atoms with van der Waals surface area (Å²) < 4.78 is 6.51. The van der Waals surface area contributed by atoms with Crippen molar-refractivity contribution in [2.24, 2.45) is 0 Å². The van der Waals surface area contributed by atoms with Crippen molar-refractivity contribution in [2.75, 3.05) is 13.7 Å². The zero-order valence-electron chi connectivity index (χ0n) is 11.2. The zero-order valence-corrected chi connectivity index (χ0v) is 13.6. The standard InChI is InChI=1S/C14H17BrN2OS/c1-4-16-13(14-17-9(2)8-19-14)11-7-10(15)5-6-12(11)18-3/h5-8,13,16H,4H2,1-3H3. The number of thiazole rings is 1. The molecule has 0 aliphatic rings. The second-order valence-corrected chi connectivity index (χ2v) is 6.01. The molecule has 1 aromatic heterocycles. The molecule has 0 amide bonds. The van der Waals surface area contributed by atoms with Gasteiger partial charge in [0, 0.05) is 21.1 Å². The lowest BCUT2D eigenvalue weighted by Gasteiger charge is -2.19. The highest BCUT2D eigenvalue weighted by Crippen LogP contribution is 2.33. The van der Waals surface area contributed by atoms with Crippen molar-refractivity contribution < 1.29 is 4.74 Å². The molecule has 2 aromatic rings. The number of nitrogens with zero attached hydrogens (tertiary/aromatic N) is 1. The molecule has 1 heterocycles. The Morgan fingerprint density at radius 1 is 1.47 bits per heavy atom. The van der Waals surface area contributed by atoms with Crippen LogP contribution in [0.15, 0.2) is 28.1 Å². The molecule has 3 nitrogen and oxygen atoms in total. The molecule has 1 N–H and O–H groups in total. The van der Waals surface area contributed by atoms with Crippen molar-refractivity contribution in [3.05, 3.63) is 44.3 Å². The number of hydrogen-bond acceptors (Lipinski definition) is 4. The number of nitrogens with one attached hydrogen (secondary N) is 1. The van der Waals surface area contributed by atoms with Crippen LogP contribution in [0.5, 0.6) is 5.75 Å². The molecule has 0 fully saturated rings. The fourth-order valence-electron chi connectivity index (χ4n) is 1.97. The molecule has 19 heavy (non-hydrogen) atoms. The summed E-state index contributed by atoms with van der Waals surface area (Å²) in [5.74, 6) is 0.877. The number of aryl methyl sites for hydroxylation is 1. The largest absolute Gasteiger partial charge is 0.496 e. The molecule has 1 unspecified atom stereocenters. The van der Waals surface area contributed by atoms with E-state index in [1.807, 2.05) is 19.1 Å². The summed E-state index contributed by atoms with van der Waals surface area (Å²) in [6, 6.07) is 6.11. The smallest absolute Gasteiger partial charge is 0.124 e. The second kappa shape index (κ2) is 6.50. The molecule has 0 bridgehead atoms. The first kappa shape index (κ1) is 14.5. The van der Waals surface area contributed by atoms with Crippen molar-refractivity contribution in [2.45, 2.75) is 19.9 Å². The van der Waals surface area contributed by atoms with Crippen LogP contribution < -0.4 is 10.1 Å². The Bertz CT molecular complexity index is 556. The maximum Gasteiger partial charge on any atom is 0.124 e. The van der Waals surface area contributed by atoms with E-state index in [1.54, 1.807) is 18.4 Å². The number of rotatable bonds is 5. The first-order valence-corrected chi connectivity index (χ1v) is 7.81. The molecule has 5 heteroatoms. The summed E-state index contributed by atoms with van der Waals surface area (Å²) in [5, 5.41) is 6.62. The number of hydrogen-bond donors (Lipinski definition) is 1. The molecule has 1 atom stereocenters. The number of methoxy groups -OCH3 is 1. The van der Waals surface area contributed by atoms with Gasteiger partial charge in [-0.3, -0.25) is 0 Å². The summed E-state index contributed by atoms with van der Waals surface area (Å²) in [5.41, 5.74) is 2.16. The Morgan fingerprint density at radius 3 is 2.84 bits per heavy atom. The Kier molecular flexibility index (Phi) is 4.96. The molecule has 0 radical (unpaired) electrons. The number of aromatic nitrogens is 1. The van der Waals surface area contributed by atoms with E-state index in [0.717, 1.165) is 33.0 Å². The van der Waals surface area contributed by atoms with Crippen molar-refractivity contribution in [3.8, 4) is 5.75 Å². The molecule has 0 spiro atoms. The van der Waals surface area contributed by atoms with E-state index >= 15 is 0 Å². The fourth-order valence-corrected chi connectivity index (χ4v) is 3.24. The van der Waals surface area contributed by atoms with Crippen molar-refractivity contribution in [1.82, 2.24) is 10.3 Å². The van der Waals surface area contributed by atoms with Crippen LogP contribution in [0.25, 0.3) is 0 Å². The van der Waals surface area contributed by atoms with Gasteiger partial charge < -0.3 is 10.1 Å². The van der Waals surface area contributed by atoms with Crippen LogP contribution >= 0.6 is 27.3 Å². The average Bonchev–Trinajstić information content (AvgIpc) is 2.82. The van der Waals surface area contributed by atoms with Crippen molar-refractivity contribution in [3.63, 3.8) is 0 Å². The molecule has 0 aliphatic heterocycles. The molecule has 0 aliphatic carbocycles. The molecule has 0 saturated heterocycles. The van der Waals surface area contributed by atoms with Gasteiger partial charge in [-0.05, 0) is 31.7 Å². The Hall–Kier alpha value is -0.910. The van der Waals surface area contributed by atoms with Crippen LogP contribution in [-0.2, 0) is 0 Å². The molecular formula is C14H17BrN2OS. The summed E-state index contributed by atoms with van der Waals surface area (Å²) in [6.07, 6.45) is 0. The summed E-state index contributed by atoms with van der Waals surface area (Å²) in [4.78, 5) is 4.60. The van der Waals surface area contributed by atoms with Crippen molar-refractivity contribution in [1.29, 1.82) is 0 Å². The third kappa shape index (κ3) is 3.35. The minimum absolute atomic E-state index is 0.0659. The van der Waals surface area contributed by atoms with E-state index in [4.69, 9.17) is 4.74 Å². The van der Waals surface area contributed by atoms with Crippen LogP contribution in [0.4, 0.5) is 0 Å². The number of benzene rings is 1. The highest BCUT2D eigenvalue weighted by atomic mass is 79.9. The maximum atomic E-state index is 5.47. The van der Waals surface area contributed by atoms with E-state index in [0.29, 0.717) is 0 Å². The highest BCUT2D eigenvalue weighted by molar-refractivity contribution is 9.10. The lowest BCUT2D eigenvalue weighted by molar-refractivity contribution is 0.404. The second-order valence-electron chi connectivity index (χ2n) is 4.20. The van der Waals surface area contributed by atoms with E-state index in [1.165, 1.54) is 0 Å². The van der Waals surface area contributed by atoms with Gasteiger partial charge in [-0.25, -0.2) is 4.98 Å². The number of ether oxygens (including phenoxy) is 1. The monoisotopic (exact) mass is 340 g/mol. The van der Waals surface area contributed by atoms with Crippen LogP contribution in [0.1, 0.15) is 29.2 Å². The average molecular weight is 341 g/mol. The maximum absolute atomic E-state index is 5.47. The fraction of sp³-hybridized carbons (Fsp3) is 0.357. The van der Waals surface area contributed by atoms with E-state index < -0.39 is 0 Å². The third-order valence-electron chi connectivity index (χ3n) is 2.79. The van der Waals surface area contributed by atoms with Gasteiger partial charge in [0.1, 0.15) is 10.8 Å². The van der Waals surface area contributed by atoms with Gasteiger partial charge in [0.25, 0.3) is 0 Å². The van der Waals surface area contributed by atoms with E-state index in [9.17, 15) is 0 Å². The van der Waals surface area contributed by atoms with Crippen LogP contribution in [-0.4, -0.2) is 18.6 Å². The highest BCUT2D eigenvalue weighted by Gasteiger charge is 2.20. The van der Waals surface area contributed by atoms with Crippen LogP contribution in [0.2, 0.25) is 0 Å². The van der Waals surface area contributed by atoms with Gasteiger partial charge in [-0.2, -0.15) is 0 Å². The Balaban J connectivity index is 2.46. The molecular weight excluding hydrogens is 324 g/mol. The SMILES string of the molecule is CCNC(c1nc(C)cs1)c1cc(Br)ccc1OC. The first-order valence-electron chi connectivity index (χ1n) is 6.14. The lowest BCUT2D eigenvalue weighted by atomic mass is 10.1. The van der Waals surface area contributed by atoms with Crippen LogP contribution in [0.3, 0.4) is 0 Å². The van der Waals surface area contributed by atoms with Gasteiger partial charge in [0.2, 0.25) is 0 Å². The minimum atomic E-state index is 0.0659. The quantitative estimate of drug-likeness (QED) is 0.895. The summed E-state index contributed by atoms with van der Waals surface area (Å²) in [7, 11) is 1.70. The molecule has 102 valence electrons. The minimum Gasteiger partial charge on any atom is -0.496 e. The molecule has 1 aromatic carbocycles. The number of halogens is 1. The van der Waals surface area contributed by atoms with E-state index in [-0.39, 0.29) is 6.04 Å². The predicted octanol–water partition coefficient (Wildman–Crippen LogP) is 3.92. The van der Waals surface area contributed by atoms with Gasteiger partial charge in [0.15, 0.2) is 0 Å². The third-order valence-corrected chi connectivity index (χ3v) is 4.32. The molecule has 0 saturated carbocycles. The zero-order chi connectivity index (χ0) is 13.8. The Morgan fingerprint density at radius 2 is 2.26 bits per heavy atom. The van der Waals surface area contributed by atoms with Gasteiger partial charge >= 0.3 is 0 Å². The van der Waals surface area contributed by atoms with Gasteiger partial charge in [-0.1, -0.05) is 22.9 Å². The van der Waals surface area contributed by atoms with Crippen molar-refractivity contribution >= 4 is 27.3 Å². The Labute approximate surface area is 126 Å². The topological polar surface area (TPSA) is 34.2 Å². The first-order chi connectivity index (χ1) is 9.15. The summed E-state index contributed by atoms with van der Waals surface area (Å²) >= 11 is 5.20. The van der Waals surface area contributed by atoms with Gasteiger partial charge in [0.05, 0.1) is 13.2 Å². The molecule has 2 rings (SSSR count). The lowest BCUT2D eigenvalue weighted by Crippen LogP contribution is -2.22. The van der Waals surface area contributed by atoms with Crippen LogP contribution in [0, 0.1) is 6.92 Å². The van der Waals surface area contributed by atoms with E-state index in [2.05, 4.69) is 44.6 Å². The van der Waals surface area contributed by atoms with Gasteiger partial charge in [-0.15, -0.1) is 11.3 Å².